The first-order valence-electron chi connectivity index (χ1n) is 6.33. The Kier molecular flexibility index (Phi) is 4.46. The Hall–Kier alpha value is -2.09. The Balaban J connectivity index is 2.31. The van der Waals surface area contributed by atoms with Crippen LogP contribution >= 0.6 is 0 Å². The third-order valence-electron chi connectivity index (χ3n) is 3.28. The van der Waals surface area contributed by atoms with E-state index in [1.54, 1.807) is 0 Å². The van der Waals surface area contributed by atoms with Crippen molar-refractivity contribution in [3.8, 4) is 0 Å². The van der Waals surface area contributed by atoms with Crippen LogP contribution in [0.25, 0.3) is 0 Å². The van der Waals surface area contributed by atoms with Crippen LogP contribution in [-0.4, -0.2) is 49.4 Å². The number of carbonyl (C=O) groups is 2. The summed E-state index contributed by atoms with van der Waals surface area (Å²) in [5.41, 5.74) is -0.331. The standard InChI is InChI=1S/C13H14F3N3O2/c1-17-12(20)10-6-18-2-3-19(10)13(21)7-4-8(14)11(16)9(15)5-7/h4-5,10,18H,2-3,6H2,1H3,(H,17,20). The lowest BCUT2D eigenvalue weighted by atomic mass is 10.1. The molecule has 0 spiro atoms. The fraction of sp³-hybridized carbons (Fsp3) is 0.385. The van der Waals surface area contributed by atoms with Crippen LogP contribution in [0.2, 0.25) is 0 Å². The van der Waals surface area contributed by atoms with Gasteiger partial charge in [0.05, 0.1) is 0 Å². The van der Waals surface area contributed by atoms with Crippen molar-refractivity contribution < 1.29 is 22.8 Å². The van der Waals surface area contributed by atoms with Crippen molar-refractivity contribution in [3.05, 3.63) is 35.1 Å². The minimum Gasteiger partial charge on any atom is -0.357 e. The summed E-state index contributed by atoms with van der Waals surface area (Å²) in [6.45, 7) is 0.889. The van der Waals surface area contributed by atoms with Crippen LogP contribution in [0.4, 0.5) is 13.2 Å². The Morgan fingerprint density at radius 3 is 2.48 bits per heavy atom. The molecule has 2 rings (SSSR count). The number of hydrogen-bond donors (Lipinski definition) is 2. The van der Waals surface area contributed by atoms with Gasteiger partial charge in [-0.3, -0.25) is 9.59 Å². The number of rotatable bonds is 2. The van der Waals surface area contributed by atoms with Crippen molar-refractivity contribution in [2.45, 2.75) is 6.04 Å². The molecule has 5 nitrogen and oxygen atoms in total. The molecule has 1 unspecified atom stereocenters. The maximum atomic E-state index is 13.2. The van der Waals surface area contributed by atoms with Gasteiger partial charge in [0, 0.05) is 32.2 Å². The predicted molar refractivity (Wildman–Crippen MR) is 68.1 cm³/mol. The molecule has 0 radical (unpaired) electrons. The number of halogens is 3. The highest BCUT2D eigenvalue weighted by Crippen LogP contribution is 2.17. The van der Waals surface area contributed by atoms with E-state index in [1.165, 1.54) is 11.9 Å². The van der Waals surface area contributed by atoms with Crippen LogP contribution in [0.5, 0.6) is 0 Å². The number of likely N-dealkylation sites (N-methyl/N-ethyl adjacent to an activating group) is 1. The van der Waals surface area contributed by atoms with Gasteiger partial charge in [-0.1, -0.05) is 0 Å². The molecule has 1 aromatic carbocycles. The first-order valence-corrected chi connectivity index (χ1v) is 6.33. The molecule has 114 valence electrons. The summed E-state index contributed by atoms with van der Waals surface area (Å²) in [6.07, 6.45) is 0. The number of amides is 2. The zero-order chi connectivity index (χ0) is 15.6. The van der Waals surface area contributed by atoms with E-state index in [4.69, 9.17) is 0 Å². The Morgan fingerprint density at radius 2 is 1.90 bits per heavy atom. The normalized spacial score (nSPS) is 18.5. The molecule has 21 heavy (non-hydrogen) atoms. The molecule has 1 aromatic rings. The van der Waals surface area contributed by atoms with Gasteiger partial charge in [-0.25, -0.2) is 13.2 Å². The monoisotopic (exact) mass is 301 g/mol. The molecular weight excluding hydrogens is 287 g/mol. The molecule has 1 heterocycles. The van der Waals surface area contributed by atoms with Crippen molar-refractivity contribution in [1.29, 1.82) is 0 Å². The van der Waals surface area contributed by atoms with E-state index < -0.39 is 35.3 Å². The largest absolute Gasteiger partial charge is 0.357 e. The lowest BCUT2D eigenvalue weighted by Gasteiger charge is -2.35. The highest BCUT2D eigenvalue weighted by Gasteiger charge is 2.32. The van der Waals surface area contributed by atoms with Crippen molar-refractivity contribution in [3.63, 3.8) is 0 Å². The SMILES string of the molecule is CNC(=O)C1CNCCN1C(=O)c1cc(F)c(F)c(F)c1. The van der Waals surface area contributed by atoms with E-state index in [1.807, 2.05) is 0 Å². The topological polar surface area (TPSA) is 61.4 Å². The van der Waals surface area contributed by atoms with Crippen molar-refractivity contribution in [2.24, 2.45) is 0 Å². The van der Waals surface area contributed by atoms with Gasteiger partial charge in [0.15, 0.2) is 17.5 Å². The predicted octanol–water partition coefficient (Wildman–Crippen LogP) is 0.264. The Bertz CT molecular complexity index is 557. The van der Waals surface area contributed by atoms with Gasteiger partial charge < -0.3 is 15.5 Å². The maximum Gasteiger partial charge on any atom is 0.254 e. The third-order valence-corrected chi connectivity index (χ3v) is 3.28. The lowest BCUT2D eigenvalue weighted by Crippen LogP contribution is -2.59. The molecule has 0 aliphatic carbocycles. The minimum absolute atomic E-state index is 0.206. The molecule has 0 bridgehead atoms. The molecule has 1 fully saturated rings. The van der Waals surface area contributed by atoms with Gasteiger partial charge in [0.1, 0.15) is 6.04 Å². The highest BCUT2D eigenvalue weighted by atomic mass is 19.2. The van der Waals surface area contributed by atoms with Crippen LogP contribution in [0, 0.1) is 17.5 Å². The zero-order valence-corrected chi connectivity index (χ0v) is 11.3. The van der Waals surface area contributed by atoms with Crippen molar-refractivity contribution in [1.82, 2.24) is 15.5 Å². The van der Waals surface area contributed by atoms with Gasteiger partial charge in [0.25, 0.3) is 5.91 Å². The first-order chi connectivity index (χ1) is 9.95. The van der Waals surface area contributed by atoms with Crippen molar-refractivity contribution in [2.75, 3.05) is 26.7 Å². The molecule has 1 atom stereocenters. The summed E-state index contributed by atoms with van der Waals surface area (Å²) in [5.74, 6) is -5.62. The second-order valence-corrected chi connectivity index (χ2v) is 4.59. The van der Waals surface area contributed by atoms with E-state index in [0.717, 1.165) is 0 Å². The number of nitrogens with one attached hydrogen (secondary N) is 2. The van der Waals surface area contributed by atoms with Gasteiger partial charge >= 0.3 is 0 Å². The molecule has 1 aliphatic rings. The van der Waals surface area contributed by atoms with Gasteiger partial charge in [0.2, 0.25) is 5.91 Å². The van der Waals surface area contributed by atoms with E-state index in [-0.39, 0.29) is 18.7 Å². The van der Waals surface area contributed by atoms with Gasteiger partial charge in [-0.2, -0.15) is 0 Å². The van der Waals surface area contributed by atoms with Gasteiger partial charge in [-0.15, -0.1) is 0 Å². The van der Waals surface area contributed by atoms with Gasteiger partial charge in [-0.05, 0) is 12.1 Å². The zero-order valence-electron chi connectivity index (χ0n) is 11.3. The summed E-state index contributed by atoms with van der Waals surface area (Å²) >= 11 is 0. The van der Waals surface area contributed by atoms with Crippen LogP contribution in [0.15, 0.2) is 12.1 Å². The summed E-state index contributed by atoms with van der Waals surface area (Å²) in [7, 11) is 1.43. The van der Waals surface area contributed by atoms with E-state index in [0.29, 0.717) is 18.7 Å². The van der Waals surface area contributed by atoms with E-state index in [9.17, 15) is 22.8 Å². The molecule has 0 saturated carbocycles. The van der Waals surface area contributed by atoms with Crippen LogP contribution in [0.3, 0.4) is 0 Å². The molecule has 8 heteroatoms. The molecule has 2 N–H and O–H groups in total. The summed E-state index contributed by atoms with van der Waals surface area (Å²) < 4.78 is 39.4. The van der Waals surface area contributed by atoms with Crippen LogP contribution < -0.4 is 10.6 Å². The minimum atomic E-state index is -1.63. The van der Waals surface area contributed by atoms with Crippen LogP contribution in [0.1, 0.15) is 10.4 Å². The average molecular weight is 301 g/mol. The second kappa shape index (κ2) is 6.13. The number of benzene rings is 1. The Labute approximate surface area is 119 Å². The van der Waals surface area contributed by atoms with E-state index >= 15 is 0 Å². The maximum absolute atomic E-state index is 13.2. The molecule has 1 saturated heterocycles. The number of nitrogens with zero attached hydrogens (tertiary/aromatic N) is 1. The smallest absolute Gasteiger partial charge is 0.254 e. The van der Waals surface area contributed by atoms with Crippen LogP contribution in [-0.2, 0) is 4.79 Å². The quantitative estimate of drug-likeness (QED) is 0.771. The molecule has 1 aliphatic heterocycles. The summed E-state index contributed by atoms with van der Waals surface area (Å²) in [6, 6.07) is 0.473. The van der Waals surface area contributed by atoms with E-state index in [2.05, 4.69) is 10.6 Å². The molecule has 2 amide bonds. The second-order valence-electron chi connectivity index (χ2n) is 4.59. The molecule has 0 aromatic heterocycles. The molecular formula is C13H14F3N3O2. The van der Waals surface area contributed by atoms with Crippen molar-refractivity contribution >= 4 is 11.8 Å². The lowest BCUT2D eigenvalue weighted by molar-refractivity contribution is -0.125. The third kappa shape index (κ3) is 2.99. The highest BCUT2D eigenvalue weighted by molar-refractivity contribution is 5.97. The summed E-state index contributed by atoms with van der Waals surface area (Å²) in [5, 5.41) is 5.38. The average Bonchev–Trinajstić information content (AvgIpc) is 2.50. The fourth-order valence-corrected chi connectivity index (χ4v) is 2.19. The first kappa shape index (κ1) is 15.3. The number of piperazine rings is 1. The Morgan fingerprint density at radius 1 is 1.29 bits per heavy atom. The summed E-state index contributed by atoms with van der Waals surface area (Å²) in [4.78, 5) is 25.3. The fourth-order valence-electron chi connectivity index (χ4n) is 2.19. The number of carbonyl (C=O) groups excluding carboxylic acids is 2. The number of hydrogen-bond acceptors (Lipinski definition) is 3.